The summed E-state index contributed by atoms with van der Waals surface area (Å²) in [6, 6.07) is 3.02. The Morgan fingerprint density at radius 1 is 1.45 bits per heavy atom. The number of halogens is 2. The number of fused-ring (bicyclic) bond motifs is 1. The Kier molecular flexibility index (Phi) is 4.75. The normalized spacial score (nSPS) is 11.7. The number of imidazole rings is 1. The molecule has 1 N–H and O–H groups in total. The zero-order chi connectivity index (χ0) is 16.5. The van der Waals surface area contributed by atoms with E-state index in [1.807, 2.05) is 32.4 Å². The molecule has 0 fully saturated rings. The molecule has 1 amide bonds. The van der Waals surface area contributed by atoms with Crippen molar-refractivity contribution in [3.63, 3.8) is 0 Å². The third-order valence-corrected chi connectivity index (χ3v) is 3.79. The number of benzene rings is 1. The van der Waals surface area contributed by atoms with E-state index in [4.69, 9.17) is 4.74 Å². The van der Waals surface area contributed by atoms with Gasteiger partial charge < -0.3 is 14.6 Å². The second-order valence-corrected chi connectivity index (χ2v) is 6.79. The van der Waals surface area contributed by atoms with E-state index in [1.165, 1.54) is 6.07 Å². The van der Waals surface area contributed by atoms with Gasteiger partial charge in [-0.15, -0.1) is 0 Å². The highest BCUT2D eigenvalue weighted by Crippen LogP contribution is 2.27. The number of aromatic nitrogens is 2. The number of alkyl carbamates (subject to hydrolysis) is 1. The Morgan fingerprint density at radius 2 is 2.14 bits per heavy atom. The first-order valence-corrected chi connectivity index (χ1v) is 7.74. The molecule has 2 aromatic rings. The first-order chi connectivity index (χ1) is 10.2. The summed E-state index contributed by atoms with van der Waals surface area (Å²) >= 11 is 3.24. The van der Waals surface area contributed by atoms with Crippen molar-refractivity contribution in [1.29, 1.82) is 0 Å². The standard InChI is InChI=1S/C15H19BrFN3O2/c1-15(2,3)22-14(21)18-8-7-11-19-10-6-5-9(17)12(16)13(10)20(11)4/h5-6H,7-8H2,1-4H3,(H,18,21). The first-order valence-electron chi connectivity index (χ1n) is 6.95. The maximum atomic E-state index is 13.6. The molecule has 7 heteroatoms. The minimum Gasteiger partial charge on any atom is -0.444 e. The number of nitrogens with zero attached hydrogens (tertiary/aromatic N) is 2. The number of carbonyl (C=O) groups is 1. The number of rotatable bonds is 3. The third-order valence-electron chi connectivity index (χ3n) is 3.04. The maximum Gasteiger partial charge on any atom is 0.407 e. The van der Waals surface area contributed by atoms with Gasteiger partial charge in [-0.1, -0.05) is 0 Å². The van der Waals surface area contributed by atoms with E-state index >= 15 is 0 Å². The van der Waals surface area contributed by atoms with Crippen LogP contribution in [-0.2, 0) is 18.2 Å². The van der Waals surface area contributed by atoms with Gasteiger partial charge in [0.05, 0.1) is 15.5 Å². The van der Waals surface area contributed by atoms with Crippen LogP contribution in [0.4, 0.5) is 9.18 Å². The molecule has 0 aliphatic carbocycles. The summed E-state index contributed by atoms with van der Waals surface area (Å²) in [5.41, 5.74) is 0.889. The molecule has 0 spiro atoms. The van der Waals surface area contributed by atoms with Crippen molar-refractivity contribution in [2.45, 2.75) is 32.8 Å². The molecule has 0 bridgehead atoms. The van der Waals surface area contributed by atoms with Crippen LogP contribution < -0.4 is 5.32 Å². The van der Waals surface area contributed by atoms with Gasteiger partial charge in [-0.05, 0) is 48.8 Å². The lowest BCUT2D eigenvalue weighted by Crippen LogP contribution is -2.33. The van der Waals surface area contributed by atoms with E-state index in [2.05, 4.69) is 26.2 Å². The summed E-state index contributed by atoms with van der Waals surface area (Å²) in [5.74, 6) is 0.436. The Morgan fingerprint density at radius 3 is 2.77 bits per heavy atom. The number of hydrogen-bond acceptors (Lipinski definition) is 3. The fourth-order valence-electron chi connectivity index (χ4n) is 2.10. The lowest BCUT2D eigenvalue weighted by molar-refractivity contribution is 0.0528. The lowest BCUT2D eigenvalue weighted by Gasteiger charge is -2.19. The van der Waals surface area contributed by atoms with Crippen LogP contribution in [0.1, 0.15) is 26.6 Å². The average molecular weight is 372 g/mol. The fourth-order valence-corrected chi connectivity index (χ4v) is 2.70. The molecule has 0 atom stereocenters. The zero-order valence-electron chi connectivity index (χ0n) is 13.0. The number of ether oxygens (including phenoxy) is 1. The van der Waals surface area contributed by atoms with Gasteiger partial charge in [0.25, 0.3) is 0 Å². The average Bonchev–Trinajstić information content (AvgIpc) is 2.70. The van der Waals surface area contributed by atoms with Gasteiger partial charge in [-0.25, -0.2) is 14.2 Å². The molecular formula is C15H19BrFN3O2. The van der Waals surface area contributed by atoms with Crippen molar-refractivity contribution in [3.8, 4) is 0 Å². The van der Waals surface area contributed by atoms with Crippen LogP contribution in [-0.4, -0.2) is 27.8 Å². The zero-order valence-corrected chi connectivity index (χ0v) is 14.6. The monoisotopic (exact) mass is 371 g/mol. The highest BCUT2D eigenvalue weighted by atomic mass is 79.9. The molecule has 0 aliphatic rings. The smallest absolute Gasteiger partial charge is 0.407 e. The summed E-state index contributed by atoms with van der Waals surface area (Å²) in [6.07, 6.45) is 0.0665. The van der Waals surface area contributed by atoms with Crippen molar-refractivity contribution in [2.75, 3.05) is 6.54 Å². The van der Waals surface area contributed by atoms with Crippen LogP contribution in [0.25, 0.3) is 11.0 Å². The van der Waals surface area contributed by atoms with Crippen molar-refractivity contribution in [2.24, 2.45) is 7.05 Å². The van der Waals surface area contributed by atoms with Crippen LogP contribution in [0.5, 0.6) is 0 Å². The molecule has 22 heavy (non-hydrogen) atoms. The number of hydrogen-bond donors (Lipinski definition) is 1. The summed E-state index contributed by atoms with van der Waals surface area (Å²) < 4.78 is 21.0. The second kappa shape index (κ2) is 6.24. The summed E-state index contributed by atoms with van der Waals surface area (Å²) in [4.78, 5) is 16.0. The first kappa shape index (κ1) is 16.7. The summed E-state index contributed by atoms with van der Waals surface area (Å²) in [7, 11) is 1.82. The number of carbonyl (C=O) groups excluding carboxylic acids is 1. The number of nitrogens with one attached hydrogen (secondary N) is 1. The molecule has 0 saturated heterocycles. The molecule has 0 aliphatic heterocycles. The van der Waals surface area contributed by atoms with E-state index in [1.54, 1.807) is 6.07 Å². The van der Waals surface area contributed by atoms with E-state index in [9.17, 15) is 9.18 Å². The summed E-state index contributed by atoms with van der Waals surface area (Å²) in [5, 5.41) is 2.68. The predicted octanol–water partition coefficient (Wildman–Crippen LogP) is 3.54. The Balaban J connectivity index is 2.05. The van der Waals surface area contributed by atoms with Gasteiger partial charge in [0.15, 0.2) is 0 Å². The van der Waals surface area contributed by atoms with E-state index in [0.717, 1.165) is 5.82 Å². The van der Waals surface area contributed by atoms with Gasteiger partial charge >= 0.3 is 6.09 Å². The molecule has 0 saturated carbocycles. The van der Waals surface area contributed by atoms with Gasteiger partial charge in [0, 0.05) is 20.0 Å². The number of amides is 1. The topological polar surface area (TPSA) is 56.2 Å². The van der Waals surface area contributed by atoms with Crippen LogP contribution in [0, 0.1) is 5.82 Å². The molecule has 0 radical (unpaired) electrons. The minimum absolute atomic E-state index is 0.325. The Labute approximate surface area is 137 Å². The van der Waals surface area contributed by atoms with Gasteiger partial charge in [-0.2, -0.15) is 0 Å². The SMILES string of the molecule is Cn1c(CCNC(=O)OC(C)(C)C)nc2ccc(F)c(Br)c21. The largest absolute Gasteiger partial charge is 0.444 e. The minimum atomic E-state index is -0.523. The Hall–Kier alpha value is -1.63. The Bertz CT molecular complexity index is 707. The number of aryl methyl sites for hydroxylation is 1. The second-order valence-electron chi connectivity index (χ2n) is 5.99. The third kappa shape index (κ3) is 3.76. The maximum absolute atomic E-state index is 13.6. The van der Waals surface area contributed by atoms with Crippen LogP contribution in [0.15, 0.2) is 16.6 Å². The molecule has 1 aromatic carbocycles. The molecule has 5 nitrogen and oxygen atoms in total. The fraction of sp³-hybridized carbons (Fsp3) is 0.467. The molecular weight excluding hydrogens is 353 g/mol. The van der Waals surface area contributed by atoms with E-state index < -0.39 is 11.7 Å². The predicted molar refractivity (Wildman–Crippen MR) is 86.3 cm³/mol. The van der Waals surface area contributed by atoms with Crippen LogP contribution in [0.2, 0.25) is 0 Å². The lowest BCUT2D eigenvalue weighted by atomic mass is 10.2. The summed E-state index contributed by atoms with van der Waals surface area (Å²) in [6.45, 7) is 5.82. The molecule has 120 valence electrons. The van der Waals surface area contributed by atoms with Crippen LogP contribution >= 0.6 is 15.9 Å². The van der Waals surface area contributed by atoms with Crippen molar-refractivity contribution in [1.82, 2.24) is 14.9 Å². The van der Waals surface area contributed by atoms with Gasteiger partial charge in [0.2, 0.25) is 0 Å². The quantitative estimate of drug-likeness (QED) is 0.897. The van der Waals surface area contributed by atoms with Crippen molar-refractivity contribution < 1.29 is 13.9 Å². The molecule has 2 rings (SSSR count). The molecule has 1 heterocycles. The highest BCUT2D eigenvalue weighted by molar-refractivity contribution is 9.10. The molecule has 0 unspecified atom stereocenters. The van der Waals surface area contributed by atoms with Crippen molar-refractivity contribution in [3.05, 3.63) is 28.2 Å². The van der Waals surface area contributed by atoms with Gasteiger partial charge in [0.1, 0.15) is 17.2 Å². The van der Waals surface area contributed by atoms with Crippen LogP contribution in [0.3, 0.4) is 0 Å². The van der Waals surface area contributed by atoms with Crippen molar-refractivity contribution >= 4 is 33.1 Å². The van der Waals surface area contributed by atoms with E-state index in [-0.39, 0.29) is 5.82 Å². The van der Waals surface area contributed by atoms with Gasteiger partial charge in [-0.3, -0.25) is 0 Å². The van der Waals surface area contributed by atoms with E-state index in [0.29, 0.717) is 28.5 Å². The molecule has 1 aromatic heterocycles. The highest BCUT2D eigenvalue weighted by Gasteiger charge is 2.17.